The fourth-order valence-corrected chi connectivity index (χ4v) is 4.46. The first-order valence-corrected chi connectivity index (χ1v) is 12.6. The highest BCUT2D eigenvalue weighted by Gasteiger charge is 2.30. The van der Waals surface area contributed by atoms with E-state index in [1.54, 1.807) is 4.90 Å². The van der Waals surface area contributed by atoms with Crippen LogP contribution < -0.4 is 14.8 Å². The average Bonchev–Trinajstić information content (AvgIpc) is 2.91. The molecule has 0 saturated heterocycles. The van der Waals surface area contributed by atoms with Gasteiger partial charge in [0.2, 0.25) is 11.8 Å². The van der Waals surface area contributed by atoms with Crippen LogP contribution in [-0.2, 0) is 29.0 Å². The molecule has 6 heteroatoms. The van der Waals surface area contributed by atoms with Crippen LogP contribution in [-0.4, -0.2) is 42.5 Å². The quantitative estimate of drug-likeness (QED) is 0.459. The first-order valence-electron chi connectivity index (χ1n) is 12.6. The number of hydrogen-bond donors (Lipinski definition) is 1. The molecule has 0 bridgehead atoms. The summed E-state index contributed by atoms with van der Waals surface area (Å²) in [4.78, 5) is 28.8. The van der Waals surface area contributed by atoms with Crippen molar-refractivity contribution in [3.63, 3.8) is 0 Å². The molecule has 188 valence electrons. The van der Waals surface area contributed by atoms with Gasteiger partial charge in [0.05, 0.1) is 0 Å². The number of nitrogens with one attached hydrogen (secondary N) is 1. The smallest absolute Gasteiger partial charge is 0.243 e. The molecule has 3 aromatic rings. The molecule has 0 spiro atoms. The molecule has 0 aliphatic carbocycles. The molecule has 3 aromatic carbocycles. The molecular formula is C30H34N2O4. The molecule has 1 aliphatic heterocycles. The molecule has 4 rings (SSSR count). The van der Waals surface area contributed by atoms with E-state index in [1.807, 2.05) is 86.6 Å². The Labute approximate surface area is 213 Å². The van der Waals surface area contributed by atoms with E-state index in [0.29, 0.717) is 44.9 Å². The maximum absolute atomic E-state index is 13.8. The standard InChI is InChI=1S/C30H34N2O4/c1-3-31-30(34)26(19-23-10-5-4-6-11-23)32(21-25-12-8-7-9-22(25)2)29(33)16-14-24-13-15-27-28(20-24)36-18-17-35-27/h4-13,15,20,26H,3,14,16-19,21H2,1-2H3,(H,31,34)/t26-/m1/s1. The SMILES string of the molecule is CCNC(=O)[C@@H](Cc1ccccc1)N(Cc1ccccc1C)C(=O)CCc1ccc2c(c1)OCCO2. The van der Waals surface area contributed by atoms with E-state index in [0.717, 1.165) is 28.0 Å². The summed E-state index contributed by atoms with van der Waals surface area (Å²) >= 11 is 0. The Balaban J connectivity index is 1.58. The predicted molar refractivity (Wildman–Crippen MR) is 140 cm³/mol. The fourth-order valence-electron chi connectivity index (χ4n) is 4.46. The van der Waals surface area contributed by atoms with Crippen LogP contribution in [0.1, 0.15) is 35.6 Å². The molecule has 1 atom stereocenters. The second-order valence-corrected chi connectivity index (χ2v) is 9.03. The number of hydrogen-bond acceptors (Lipinski definition) is 4. The largest absolute Gasteiger partial charge is 0.486 e. The van der Waals surface area contributed by atoms with Crippen LogP contribution in [0.2, 0.25) is 0 Å². The van der Waals surface area contributed by atoms with Crippen molar-refractivity contribution in [2.45, 2.75) is 45.7 Å². The van der Waals surface area contributed by atoms with Crippen molar-refractivity contribution in [1.29, 1.82) is 0 Å². The number of rotatable bonds is 10. The van der Waals surface area contributed by atoms with Gasteiger partial charge in [0.15, 0.2) is 11.5 Å². The number of ether oxygens (including phenoxy) is 2. The average molecular weight is 487 g/mol. The highest BCUT2D eigenvalue weighted by Crippen LogP contribution is 2.31. The maximum atomic E-state index is 13.8. The van der Waals surface area contributed by atoms with E-state index in [-0.39, 0.29) is 18.2 Å². The summed E-state index contributed by atoms with van der Waals surface area (Å²) in [6.07, 6.45) is 1.29. The fraction of sp³-hybridized carbons (Fsp3) is 0.333. The second kappa shape index (κ2) is 12.2. The number of likely N-dealkylation sites (N-methyl/N-ethyl adjacent to an activating group) is 1. The Bertz CT molecular complexity index is 1180. The lowest BCUT2D eigenvalue weighted by Crippen LogP contribution is -2.50. The van der Waals surface area contributed by atoms with Gasteiger partial charge in [0, 0.05) is 25.9 Å². The molecular weight excluding hydrogens is 452 g/mol. The van der Waals surface area contributed by atoms with Crippen molar-refractivity contribution in [2.24, 2.45) is 0 Å². The van der Waals surface area contributed by atoms with Crippen molar-refractivity contribution < 1.29 is 19.1 Å². The minimum absolute atomic E-state index is 0.0553. The summed E-state index contributed by atoms with van der Waals surface area (Å²) in [5.41, 5.74) is 4.15. The van der Waals surface area contributed by atoms with E-state index >= 15 is 0 Å². The molecule has 0 saturated carbocycles. The zero-order valence-corrected chi connectivity index (χ0v) is 21.0. The summed E-state index contributed by atoms with van der Waals surface area (Å²) in [5, 5.41) is 2.95. The number of nitrogens with zero attached hydrogens (tertiary/aromatic N) is 1. The Morgan fingerprint density at radius 3 is 2.39 bits per heavy atom. The van der Waals surface area contributed by atoms with Crippen LogP contribution in [0.4, 0.5) is 0 Å². The highest BCUT2D eigenvalue weighted by molar-refractivity contribution is 5.88. The number of carbonyl (C=O) groups is 2. The number of carbonyl (C=O) groups excluding carboxylic acids is 2. The van der Waals surface area contributed by atoms with E-state index in [1.165, 1.54) is 0 Å². The van der Waals surface area contributed by atoms with Crippen molar-refractivity contribution >= 4 is 11.8 Å². The van der Waals surface area contributed by atoms with Gasteiger partial charge in [-0.15, -0.1) is 0 Å². The van der Waals surface area contributed by atoms with Crippen molar-refractivity contribution in [3.8, 4) is 11.5 Å². The van der Waals surface area contributed by atoms with E-state index in [2.05, 4.69) is 5.32 Å². The normalized spacial score (nSPS) is 13.1. The zero-order chi connectivity index (χ0) is 25.3. The van der Waals surface area contributed by atoms with E-state index < -0.39 is 6.04 Å². The molecule has 1 aliphatic rings. The highest BCUT2D eigenvalue weighted by atomic mass is 16.6. The van der Waals surface area contributed by atoms with Crippen LogP contribution in [0.25, 0.3) is 0 Å². The Kier molecular flexibility index (Phi) is 8.61. The van der Waals surface area contributed by atoms with Crippen LogP contribution in [0.3, 0.4) is 0 Å². The second-order valence-electron chi connectivity index (χ2n) is 9.03. The van der Waals surface area contributed by atoms with Crippen molar-refractivity contribution in [2.75, 3.05) is 19.8 Å². The first-order chi connectivity index (χ1) is 17.5. The maximum Gasteiger partial charge on any atom is 0.243 e. The topological polar surface area (TPSA) is 67.9 Å². The van der Waals surface area contributed by atoms with Gasteiger partial charge in [-0.1, -0.05) is 60.7 Å². The minimum Gasteiger partial charge on any atom is -0.486 e. The molecule has 0 fully saturated rings. The Morgan fingerprint density at radius 2 is 1.64 bits per heavy atom. The third-order valence-corrected chi connectivity index (χ3v) is 6.46. The molecule has 0 radical (unpaired) electrons. The molecule has 2 amide bonds. The van der Waals surface area contributed by atoms with Gasteiger partial charge in [0.25, 0.3) is 0 Å². The van der Waals surface area contributed by atoms with Crippen LogP contribution >= 0.6 is 0 Å². The minimum atomic E-state index is -0.611. The van der Waals surface area contributed by atoms with Gasteiger partial charge in [-0.2, -0.15) is 0 Å². The lowest BCUT2D eigenvalue weighted by atomic mass is 10.0. The van der Waals surface area contributed by atoms with Gasteiger partial charge in [-0.25, -0.2) is 0 Å². The summed E-state index contributed by atoms with van der Waals surface area (Å²) < 4.78 is 11.3. The van der Waals surface area contributed by atoms with E-state index in [9.17, 15) is 9.59 Å². The van der Waals surface area contributed by atoms with E-state index in [4.69, 9.17) is 9.47 Å². The van der Waals surface area contributed by atoms with Crippen molar-refractivity contribution in [1.82, 2.24) is 10.2 Å². The van der Waals surface area contributed by atoms with Gasteiger partial charge in [0.1, 0.15) is 19.3 Å². The van der Waals surface area contributed by atoms with Gasteiger partial charge in [-0.3, -0.25) is 9.59 Å². The number of amides is 2. The number of benzene rings is 3. The molecule has 0 aromatic heterocycles. The monoisotopic (exact) mass is 486 g/mol. The van der Waals surface area contributed by atoms with Crippen LogP contribution in [0.5, 0.6) is 11.5 Å². The molecule has 0 unspecified atom stereocenters. The molecule has 6 nitrogen and oxygen atoms in total. The van der Waals surface area contributed by atoms with Crippen LogP contribution in [0.15, 0.2) is 72.8 Å². The van der Waals surface area contributed by atoms with Gasteiger partial charge in [-0.05, 0) is 54.7 Å². The Hall–Kier alpha value is -3.80. The number of aryl methyl sites for hydroxylation is 2. The lowest BCUT2D eigenvalue weighted by molar-refractivity contribution is -0.141. The lowest BCUT2D eigenvalue weighted by Gasteiger charge is -2.32. The Morgan fingerprint density at radius 1 is 0.917 bits per heavy atom. The van der Waals surface area contributed by atoms with Crippen LogP contribution in [0, 0.1) is 6.92 Å². The predicted octanol–water partition coefficient (Wildman–Crippen LogP) is 4.48. The summed E-state index contributed by atoms with van der Waals surface area (Å²) in [6.45, 7) is 5.88. The van der Waals surface area contributed by atoms with Gasteiger partial charge >= 0.3 is 0 Å². The number of fused-ring (bicyclic) bond motifs is 1. The van der Waals surface area contributed by atoms with Gasteiger partial charge < -0.3 is 19.7 Å². The molecule has 1 N–H and O–H groups in total. The summed E-state index contributed by atoms with van der Waals surface area (Å²) in [6, 6.07) is 23.1. The van der Waals surface area contributed by atoms with Crippen molar-refractivity contribution in [3.05, 3.63) is 95.1 Å². The first kappa shape index (κ1) is 25.3. The zero-order valence-electron chi connectivity index (χ0n) is 21.0. The third kappa shape index (κ3) is 6.45. The summed E-state index contributed by atoms with van der Waals surface area (Å²) in [5.74, 6) is 1.26. The third-order valence-electron chi connectivity index (χ3n) is 6.46. The molecule has 1 heterocycles. The summed E-state index contributed by atoms with van der Waals surface area (Å²) in [7, 11) is 0. The molecule has 36 heavy (non-hydrogen) atoms.